The Balaban J connectivity index is 2.90. The summed E-state index contributed by atoms with van der Waals surface area (Å²) in [4.78, 5) is 47.3. The van der Waals surface area contributed by atoms with Crippen molar-refractivity contribution in [2.75, 3.05) is 5.32 Å². The number of benzene rings is 1. The lowest BCUT2D eigenvalue weighted by molar-refractivity contribution is -0.384. The number of hydrogen-bond acceptors (Lipinski definition) is 6. The number of non-ortho nitro benzene ring substituents is 1. The van der Waals surface area contributed by atoms with Crippen molar-refractivity contribution in [3.05, 3.63) is 34.4 Å². The fourth-order valence-electron chi connectivity index (χ4n) is 2.74. The number of amides is 3. The number of hydrogen-bond donors (Lipinski definition) is 4. The van der Waals surface area contributed by atoms with Gasteiger partial charge in [-0.25, -0.2) is 5.48 Å². The summed E-state index contributed by atoms with van der Waals surface area (Å²) in [5, 5.41) is 24.8. The Morgan fingerprint density at radius 3 is 2.21 bits per heavy atom. The summed E-state index contributed by atoms with van der Waals surface area (Å²) >= 11 is 0. The Morgan fingerprint density at radius 2 is 1.72 bits per heavy atom. The zero-order valence-corrected chi connectivity index (χ0v) is 16.8. The van der Waals surface area contributed by atoms with Crippen LogP contribution < -0.4 is 16.1 Å². The molecule has 10 nitrogen and oxygen atoms in total. The van der Waals surface area contributed by atoms with Crippen LogP contribution in [0.15, 0.2) is 24.3 Å². The zero-order valence-electron chi connectivity index (χ0n) is 16.8. The van der Waals surface area contributed by atoms with Crippen LogP contribution in [0.4, 0.5) is 11.4 Å². The Hall–Kier alpha value is -3.01. The molecule has 160 valence electrons. The number of nitro groups is 1. The van der Waals surface area contributed by atoms with Gasteiger partial charge < -0.3 is 10.6 Å². The number of hydroxylamine groups is 1. The largest absolute Gasteiger partial charge is 0.344 e. The van der Waals surface area contributed by atoms with Crippen molar-refractivity contribution in [3.63, 3.8) is 0 Å². The van der Waals surface area contributed by atoms with Gasteiger partial charge in [0.25, 0.3) is 11.6 Å². The molecule has 0 saturated carbocycles. The van der Waals surface area contributed by atoms with Crippen LogP contribution in [0.3, 0.4) is 0 Å². The second-order valence-electron chi connectivity index (χ2n) is 7.15. The first-order valence-corrected chi connectivity index (χ1v) is 9.49. The van der Waals surface area contributed by atoms with E-state index in [9.17, 15) is 24.5 Å². The van der Waals surface area contributed by atoms with Crippen molar-refractivity contribution in [2.24, 2.45) is 11.8 Å². The van der Waals surface area contributed by atoms with E-state index in [2.05, 4.69) is 10.6 Å². The highest BCUT2D eigenvalue weighted by atomic mass is 16.6. The van der Waals surface area contributed by atoms with Gasteiger partial charge in [0.2, 0.25) is 11.8 Å². The van der Waals surface area contributed by atoms with Crippen LogP contribution in [-0.4, -0.2) is 33.9 Å². The van der Waals surface area contributed by atoms with Crippen LogP contribution in [0, 0.1) is 22.0 Å². The summed E-state index contributed by atoms with van der Waals surface area (Å²) in [6.07, 6.45) is 1.94. The van der Waals surface area contributed by atoms with Crippen molar-refractivity contribution in [2.45, 2.75) is 52.5 Å². The Morgan fingerprint density at radius 1 is 1.10 bits per heavy atom. The van der Waals surface area contributed by atoms with Gasteiger partial charge in [0.1, 0.15) is 12.0 Å². The molecule has 0 bridgehead atoms. The van der Waals surface area contributed by atoms with E-state index in [0.29, 0.717) is 18.5 Å². The minimum Gasteiger partial charge on any atom is -0.344 e. The van der Waals surface area contributed by atoms with E-state index < -0.39 is 34.6 Å². The molecule has 0 heterocycles. The Bertz CT molecular complexity index is 720. The van der Waals surface area contributed by atoms with Gasteiger partial charge >= 0.3 is 0 Å². The molecule has 0 fully saturated rings. The molecule has 3 amide bonds. The van der Waals surface area contributed by atoms with Crippen molar-refractivity contribution < 1.29 is 24.5 Å². The van der Waals surface area contributed by atoms with E-state index in [4.69, 9.17) is 5.21 Å². The maximum absolute atomic E-state index is 12.7. The number of carbonyl (C=O) groups excluding carboxylic acids is 3. The van der Waals surface area contributed by atoms with Gasteiger partial charge in [-0.05, 0) is 30.9 Å². The Kier molecular flexibility index (Phi) is 9.73. The third-order valence-electron chi connectivity index (χ3n) is 4.28. The van der Waals surface area contributed by atoms with Crippen LogP contribution in [0.25, 0.3) is 0 Å². The first kappa shape index (κ1) is 24.0. The van der Waals surface area contributed by atoms with E-state index >= 15 is 0 Å². The fraction of sp³-hybridized carbons (Fsp3) is 0.526. The first-order valence-electron chi connectivity index (χ1n) is 9.49. The molecule has 0 saturated heterocycles. The number of anilines is 1. The minimum absolute atomic E-state index is 0.0728. The lowest BCUT2D eigenvalue weighted by Crippen LogP contribution is -2.49. The van der Waals surface area contributed by atoms with Crippen molar-refractivity contribution in [1.82, 2.24) is 10.8 Å². The van der Waals surface area contributed by atoms with Gasteiger partial charge in [-0.3, -0.25) is 29.7 Å². The SMILES string of the molecule is CCCCC(C(=O)NO)C(=O)NC(CC(C)C)C(=O)Nc1ccc([N+](=O)[O-])cc1. The van der Waals surface area contributed by atoms with Gasteiger partial charge in [-0.1, -0.05) is 33.6 Å². The maximum Gasteiger partial charge on any atom is 0.269 e. The second-order valence-corrected chi connectivity index (χ2v) is 7.15. The molecular weight excluding hydrogens is 380 g/mol. The molecule has 0 aliphatic rings. The van der Waals surface area contributed by atoms with Crippen LogP contribution >= 0.6 is 0 Å². The summed E-state index contributed by atoms with van der Waals surface area (Å²) in [6.45, 7) is 5.67. The minimum atomic E-state index is -1.11. The molecule has 2 unspecified atom stereocenters. The van der Waals surface area contributed by atoms with Crippen molar-refractivity contribution in [1.29, 1.82) is 0 Å². The molecular formula is C19H28N4O6. The molecule has 0 aliphatic heterocycles. The number of carbonyl (C=O) groups is 3. The highest BCUT2D eigenvalue weighted by Crippen LogP contribution is 2.17. The second kappa shape index (κ2) is 11.7. The van der Waals surface area contributed by atoms with E-state index in [1.54, 1.807) is 0 Å². The average molecular weight is 408 g/mol. The van der Waals surface area contributed by atoms with Crippen LogP contribution in [-0.2, 0) is 14.4 Å². The molecule has 10 heteroatoms. The highest BCUT2D eigenvalue weighted by Gasteiger charge is 2.30. The van der Waals surface area contributed by atoms with Gasteiger partial charge in [-0.2, -0.15) is 0 Å². The number of rotatable bonds is 11. The monoisotopic (exact) mass is 408 g/mol. The van der Waals surface area contributed by atoms with E-state index in [1.165, 1.54) is 29.7 Å². The molecule has 1 aromatic rings. The van der Waals surface area contributed by atoms with Gasteiger partial charge in [0, 0.05) is 17.8 Å². The molecule has 1 aromatic carbocycles. The van der Waals surface area contributed by atoms with Crippen molar-refractivity contribution >= 4 is 29.1 Å². The zero-order chi connectivity index (χ0) is 22.0. The van der Waals surface area contributed by atoms with Crippen molar-refractivity contribution in [3.8, 4) is 0 Å². The fourth-order valence-corrected chi connectivity index (χ4v) is 2.74. The topological polar surface area (TPSA) is 151 Å². The van der Waals surface area contributed by atoms with Gasteiger partial charge in [-0.15, -0.1) is 0 Å². The molecule has 1 rings (SSSR count). The van der Waals surface area contributed by atoms with E-state index in [-0.39, 0.29) is 18.0 Å². The quantitative estimate of drug-likeness (QED) is 0.191. The summed E-state index contributed by atoms with van der Waals surface area (Å²) in [7, 11) is 0. The lowest BCUT2D eigenvalue weighted by Gasteiger charge is -2.23. The Labute approximate surface area is 169 Å². The third-order valence-corrected chi connectivity index (χ3v) is 4.28. The summed E-state index contributed by atoms with van der Waals surface area (Å²) in [5.41, 5.74) is 1.74. The van der Waals surface area contributed by atoms with Gasteiger partial charge in [0.15, 0.2) is 0 Å². The number of nitrogens with one attached hydrogen (secondary N) is 3. The summed E-state index contributed by atoms with van der Waals surface area (Å²) < 4.78 is 0. The molecule has 0 aromatic heterocycles. The lowest BCUT2D eigenvalue weighted by atomic mass is 9.98. The maximum atomic E-state index is 12.7. The number of unbranched alkanes of at least 4 members (excludes halogenated alkanes) is 1. The summed E-state index contributed by atoms with van der Waals surface area (Å²) in [5.74, 6) is -3.01. The highest BCUT2D eigenvalue weighted by molar-refractivity contribution is 6.03. The molecule has 2 atom stereocenters. The standard InChI is InChI=1S/C19H28N4O6/c1-4-5-6-15(18(25)22-27)17(24)21-16(11-12(2)3)19(26)20-13-7-9-14(10-8-13)23(28)29/h7-10,12,15-16,27H,4-6,11H2,1-3H3,(H,20,26)(H,21,24)(H,22,25). The number of nitro benzene ring substituents is 1. The smallest absolute Gasteiger partial charge is 0.269 e. The predicted molar refractivity (Wildman–Crippen MR) is 106 cm³/mol. The van der Waals surface area contributed by atoms with Gasteiger partial charge in [0.05, 0.1) is 4.92 Å². The first-order chi connectivity index (χ1) is 13.7. The molecule has 29 heavy (non-hydrogen) atoms. The van der Waals surface area contributed by atoms with E-state index in [1.807, 2.05) is 20.8 Å². The predicted octanol–water partition coefficient (Wildman–Crippen LogP) is 2.38. The molecule has 0 radical (unpaired) electrons. The number of nitrogens with zero attached hydrogens (tertiary/aromatic N) is 1. The normalized spacial score (nSPS) is 12.7. The van der Waals surface area contributed by atoms with Crippen LogP contribution in [0.2, 0.25) is 0 Å². The van der Waals surface area contributed by atoms with E-state index in [0.717, 1.165) is 6.42 Å². The third kappa shape index (κ3) is 7.86. The van der Waals surface area contributed by atoms with Crippen LogP contribution in [0.5, 0.6) is 0 Å². The molecule has 0 spiro atoms. The summed E-state index contributed by atoms with van der Waals surface area (Å²) in [6, 6.07) is 4.41. The average Bonchev–Trinajstić information content (AvgIpc) is 2.67. The molecule has 0 aliphatic carbocycles. The van der Waals surface area contributed by atoms with Crippen LogP contribution in [0.1, 0.15) is 46.5 Å². The molecule has 4 N–H and O–H groups in total.